The average Bonchev–Trinajstić information content (AvgIpc) is 2.57. The zero-order valence-corrected chi connectivity index (χ0v) is 16.5. The van der Waals surface area contributed by atoms with Crippen molar-refractivity contribution < 1.29 is 9.53 Å². The second-order valence-electron chi connectivity index (χ2n) is 5.86. The zero-order valence-electron chi connectivity index (χ0n) is 15.7. The summed E-state index contributed by atoms with van der Waals surface area (Å²) in [5.41, 5.74) is 1.96. The van der Waals surface area contributed by atoms with Crippen molar-refractivity contribution in [1.29, 1.82) is 0 Å². The second-order valence-corrected chi connectivity index (χ2v) is 6.67. The number of carbonyl (C=O) groups excluding carboxylic acids is 1. The standard InChI is InChI=1S/C21H31NO2S/c1-7-11-18(10-4)15-24-21(23)20(14-17(5)6)22-25-16-19(12-8-2)13-9-3/h7-13,17,20,22H,1-2,4,14-16H2,3,5-6H3/b13-9-,18-11+,19-12+. The lowest BCUT2D eigenvalue weighted by molar-refractivity contribution is -0.144. The molecule has 25 heavy (non-hydrogen) atoms. The minimum atomic E-state index is -0.351. The lowest BCUT2D eigenvalue weighted by Crippen LogP contribution is -2.36. The number of rotatable bonds is 13. The predicted molar refractivity (Wildman–Crippen MR) is 111 cm³/mol. The van der Waals surface area contributed by atoms with Crippen molar-refractivity contribution in [3.8, 4) is 0 Å². The van der Waals surface area contributed by atoms with Crippen LogP contribution in [0, 0.1) is 5.92 Å². The summed E-state index contributed by atoms with van der Waals surface area (Å²) in [5.74, 6) is 0.872. The topological polar surface area (TPSA) is 38.3 Å². The average molecular weight is 362 g/mol. The third kappa shape index (κ3) is 11.4. The van der Waals surface area contributed by atoms with Crippen LogP contribution in [0.5, 0.6) is 0 Å². The Morgan fingerprint density at radius 3 is 2.32 bits per heavy atom. The number of ether oxygens (including phenoxy) is 1. The van der Waals surface area contributed by atoms with E-state index in [0.29, 0.717) is 12.3 Å². The van der Waals surface area contributed by atoms with E-state index in [2.05, 4.69) is 38.3 Å². The van der Waals surface area contributed by atoms with Gasteiger partial charge in [0.15, 0.2) is 0 Å². The smallest absolute Gasteiger partial charge is 0.324 e. The van der Waals surface area contributed by atoms with Gasteiger partial charge in [0.2, 0.25) is 0 Å². The van der Waals surface area contributed by atoms with Gasteiger partial charge in [-0.1, -0.05) is 88.1 Å². The van der Waals surface area contributed by atoms with Crippen LogP contribution >= 0.6 is 11.9 Å². The normalized spacial score (nSPS) is 13.8. The van der Waals surface area contributed by atoms with Crippen molar-refractivity contribution in [2.75, 3.05) is 12.4 Å². The molecule has 0 heterocycles. The van der Waals surface area contributed by atoms with Crippen LogP contribution in [0.1, 0.15) is 27.2 Å². The molecule has 4 heteroatoms. The Morgan fingerprint density at radius 2 is 1.80 bits per heavy atom. The highest BCUT2D eigenvalue weighted by Gasteiger charge is 2.21. The van der Waals surface area contributed by atoms with Gasteiger partial charge in [-0.25, -0.2) is 4.72 Å². The SMILES string of the molecule is C=C/C=C(\C=C)COC(=O)C(CC(C)C)NSCC(/C=C\C)=C/C=C. The molecular formula is C21H31NO2S. The number of carbonyl (C=O) groups is 1. The third-order valence-corrected chi connectivity index (χ3v) is 4.07. The quantitative estimate of drug-likeness (QED) is 0.279. The van der Waals surface area contributed by atoms with Crippen molar-refractivity contribution in [3.63, 3.8) is 0 Å². The van der Waals surface area contributed by atoms with Gasteiger partial charge in [0.25, 0.3) is 0 Å². The van der Waals surface area contributed by atoms with Gasteiger partial charge in [0.05, 0.1) is 0 Å². The van der Waals surface area contributed by atoms with Crippen molar-refractivity contribution in [3.05, 3.63) is 73.4 Å². The Labute approximate surface area is 157 Å². The molecule has 0 aliphatic carbocycles. The summed E-state index contributed by atoms with van der Waals surface area (Å²) in [6.45, 7) is 17.4. The van der Waals surface area contributed by atoms with Crippen LogP contribution in [0.15, 0.2) is 73.4 Å². The number of allylic oxidation sites excluding steroid dienone is 6. The Hall–Kier alpha value is -1.78. The summed E-state index contributed by atoms with van der Waals surface area (Å²) in [5, 5.41) is 0. The molecule has 1 unspecified atom stereocenters. The first-order chi connectivity index (χ1) is 12.0. The minimum absolute atomic E-state index is 0.204. The maximum absolute atomic E-state index is 12.4. The van der Waals surface area contributed by atoms with Crippen molar-refractivity contribution in [2.24, 2.45) is 5.92 Å². The van der Waals surface area contributed by atoms with Crippen LogP contribution in [0.4, 0.5) is 0 Å². The molecule has 0 rings (SSSR count). The second kappa shape index (κ2) is 14.6. The van der Waals surface area contributed by atoms with Crippen LogP contribution in [-0.2, 0) is 9.53 Å². The summed E-state index contributed by atoms with van der Waals surface area (Å²) in [4.78, 5) is 12.4. The monoisotopic (exact) mass is 361 g/mol. The summed E-state index contributed by atoms with van der Waals surface area (Å²) in [7, 11) is 0. The maximum atomic E-state index is 12.4. The lowest BCUT2D eigenvalue weighted by atomic mass is 10.1. The summed E-state index contributed by atoms with van der Waals surface area (Å²) >= 11 is 1.50. The Balaban J connectivity index is 4.72. The van der Waals surface area contributed by atoms with Gasteiger partial charge in [-0.05, 0) is 30.4 Å². The van der Waals surface area contributed by atoms with Crippen LogP contribution < -0.4 is 4.72 Å². The first kappa shape index (κ1) is 23.2. The predicted octanol–water partition coefficient (Wildman–Crippen LogP) is 5.17. The molecule has 0 aromatic heterocycles. The number of esters is 1. The molecule has 0 fully saturated rings. The first-order valence-electron chi connectivity index (χ1n) is 8.40. The molecule has 0 spiro atoms. The summed E-state index contributed by atoms with van der Waals surface area (Å²) in [6.07, 6.45) is 13.5. The van der Waals surface area contributed by atoms with E-state index in [9.17, 15) is 4.79 Å². The van der Waals surface area contributed by atoms with Crippen molar-refractivity contribution in [1.82, 2.24) is 4.72 Å². The number of hydrogen-bond acceptors (Lipinski definition) is 4. The van der Waals surface area contributed by atoms with Gasteiger partial charge in [0.1, 0.15) is 12.6 Å². The van der Waals surface area contributed by atoms with E-state index in [-0.39, 0.29) is 18.6 Å². The Morgan fingerprint density at radius 1 is 1.16 bits per heavy atom. The van der Waals surface area contributed by atoms with Gasteiger partial charge in [-0.3, -0.25) is 4.79 Å². The number of nitrogens with one attached hydrogen (secondary N) is 1. The van der Waals surface area contributed by atoms with E-state index in [1.165, 1.54) is 11.9 Å². The highest BCUT2D eigenvalue weighted by Crippen LogP contribution is 2.13. The molecular weight excluding hydrogens is 330 g/mol. The molecule has 0 aromatic rings. The van der Waals surface area contributed by atoms with E-state index >= 15 is 0 Å². The molecule has 0 aliphatic rings. The van der Waals surface area contributed by atoms with Gasteiger partial charge in [-0.2, -0.15) is 0 Å². The molecule has 0 aromatic carbocycles. The highest BCUT2D eigenvalue weighted by atomic mass is 32.2. The molecule has 1 N–H and O–H groups in total. The molecule has 0 aliphatic heterocycles. The Kier molecular flexibility index (Phi) is 13.5. The molecule has 0 amide bonds. The molecule has 0 bridgehead atoms. The Bertz CT molecular complexity index is 530. The highest BCUT2D eigenvalue weighted by molar-refractivity contribution is 7.97. The molecule has 138 valence electrons. The van der Waals surface area contributed by atoms with Gasteiger partial charge in [-0.15, -0.1) is 0 Å². The zero-order chi connectivity index (χ0) is 19.1. The molecule has 0 radical (unpaired) electrons. The van der Waals surface area contributed by atoms with E-state index in [4.69, 9.17) is 4.74 Å². The van der Waals surface area contributed by atoms with Gasteiger partial charge < -0.3 is 4.74 Å². The molecule has 0 saturated heterocycles. The molecule has 1 atom stereocenters. The lowest BCUT2D eigenvalue weighted by Gasteiger charge is -2.19. The van der Waals surface area contributed by atoms with E-state index in [1.54, 1.807) is 24.3 Å². The first-order valence-corrected chi connectivity index (χ1v) is 9.39. The minimum Gasteiger partial charge on any atom is -0.460 e. The van der Waals surface area contributed by atoms with E-state index in [0.717, 1.165) is 16.9 Å². The van der Waals surface area contributed by atoms with E-state index < -0.39 is 0 Å². The summed E-state index contributed by atoms with van der Waals surface area (Å²) < 4.78 is 8.66. The van der Waals surface area contributed by atoms with Crippen LogP contribution in [0.3, 0.4) is 0 Å². The van der Waals surface area contributed by atoms with Crippen LogP contribution in [0.25, 0.3) is 0 Å². The largest absolute Gasteiger partial charge is 0.460 e. The number of hydrogen-bond donors (Lipinski definition) is 1. The fourth-order valence-electron chi connectivity index (χ4n) is 1.99. The van der Waals surface area contributed by atoms with Crippen molar-refractivity contribution in [2.45, 2.75) is 33.2 Å². The fraction of sp³-hybridized carbons (Fsp3) is 0.381. The van der Waals surface area contributed by atoms with E-state index in [1.807, 2.05) is 25.2 Å². The molecule has 0 saturated carbocycles. The van der Waals surface area contributed by atoms with Crippen LogP contribution in [0.2, 0.25) is 0 Å². The van der Waals surface area contributed by atoms with Gasteiger partial charge in [0, 0.05) is 5.75 Å². The third-order valence-electron chi connectivity index (χ3n) is 3.14. The molecule has 3 nitrogen and oxygen atoms in total. The van der Waals surface area contributed by atoms with Crippen LogP contribution in [-0.4, -0.2) is 24.4 Å². The van der Waals surface area contributed by atoms with Crippen molar-refractivity contribution >= 4 is 17.9 Å². The fourth-order valence-corrected chi connectivity index (χ4v) is 2.82. The van der Waals surface area contributed by atoms with Gasteiger partial charge >= 0.3 is 5.97 Å². The maximum Gasteiger partial charge on any atom is 0.324 e. The summed E-state index contributed by atoms with van der Waals surface area (Å²) in [6, 6.07) is -0.351.